The van der Waals surface area contributed by atoms with Crippen LogP contribution in [0, 0.1) is 0 Å². The lowest BCUT2D eigenvalue weighted by atomic mass is 9.95. The predicted octanol–water partition coefficient (Wildman–Crippen LogP) is 3.55. The van der Waals surface area contributed by atoms with E-state index in [-0.39, 0.29) is 0 Å². The van der Waals surface area contributed by atoms with Crippen LogP contribution in [0.4, 0.5) is 5.95 Å². The van der Waals surface area contributed by atoms with Gasteiger partial charge >= 0.3 is 0 Å². The van der Waals surface area contributed by atoms with Crippen molar-refractivity contribution in [3.05, 3.63) is 18.5 Å². The second-order valence-electron chi connectivity index (χ2n) is 6.00. The third kappa shape index (κ3) is 4.16. The maximum atomic E-state index is 13.7. The molecule has 1 aliphatic carbocycles. The molecule has 1 aliphatic heterocycles. The third-order valence-corrected chi connectivity index (χ3v) is 9.78. The molecule has 0 bridgehead atoms. The first-order valence-electron chi connectivity index (χ1n) is 8.12. The van der Waals surface area contributed by atoms with Crippen LogP contribution in [-0.4, -0.2) is 32.0 Å². The first-order valence-corrected chi connectivity index (χ1v) is 11.8. The summed E-state index contributed by atoms with van der Waals surface area (Å²) in [5, 5.41) is 7.09. The summed E-state index contributed by atoms with van der Waals surface area (Å²) in [7, 11) is 0. The van der Waals surface area contributed by atoms with Crippen LogP contribution in [0.25, 0.3) is 0 Å². The van der Waals surface area contributed by atoms with Gasteiger partial charge in [0, 0.05) is 18.1 Å². The Bertz CT molecular complexity index is 708. The fourth-order valence-electron chi connectivity index (χ4n) is 2.84. The summed E-state index contributed by atoms with van der Waals surface area (Å²) in [4.78, 5) is 12.9. The molecule has 1 unspecified atom stereocenters. The molecule has 2 aliphatic rings. The van der Waals surface area contributed by atoms with Crippen molar-refractivity contribution in [1.29, 1.82) is 0 Å². The zero-order chi connectivity index (χ0) is 17.8. The minimum atomic E-state index is -2.96. The maximum absolute atomic E-state index is 13.7. The Morgan fingerprint density at radius 1 is 1.36 bits per heavy atom. The minimum Gasteiger partial charge on any atom is -0.290 e. The van der Waals surface area contributed by atoms with Gasteiger partial charge in [0.15, 0.2) is 5.17 Å². The first-order chi connectivity index (χ1) is 12.1. The molecular formula is C14H21ClN7OPS. The number of hydrogen-bond acceptors (Lipinski definition) is 8. The van der Waals surface area contributed by atoms with Crippen LogP contribution in [0.2, 0.25) is 0 Å². The second kappa shape index (κ2) is 8.03. The molecule has 0 saturated heterocycles. The Balaban J connectivity index is 1.78. The van der Waals surface area contributed by atoms with Crippen LogP contribution in [0.1, 0.15) is 39.0 Å². The van der Waals surface area contributed by atoms with E-state index in [2.05, 4.69) is 31.1 Å². The number of hydrazine groups is 1. The molecular weight excluding hydrogens is 381 g/mol. The smallest absolute Gasteiger partial charge is 0.251 e. The molecule has 1 spiro atoms. The SMILES string of the molecule is CC(CCl)=NNC1=NC2(CCCCC2)P(=O)(NNc2ncccn2)S1. The summed E-state index contributed by atoms with van der Waals surface area (Å²) in [5.41, 5.74) is 6.53. The normalized spacial score (nSPS) is 25.7. The maximum Gasteiger partial charge on any atom is 0.251 e. The molecule has 1 saturated carbocycles. The number of halogens is 1. The molecule has 0 radical (unpaired) electrons. The number of aromatic nitrogens is 2. The fraction of sp³-hybridized carbons (Fsp3) is 0.571. The monoisotopic (exact) mass is 401 g/mol. The number of nitrogens with zero attached hydrogens (tertiary/aromatic N) is 4. The van der Waals surface area contributed by atoms with E-state index < -0.39 is 11.8 Å². The first kappa shape index (κ1) is 18.6. The molecule has 3 rings (SSSR count). The van der Waals surface area contributed by atoms with Crippen molar-refractivity contribution in [3.63, 3.8) is 0 Å². The average molecular weight is 402 g/mol. The van der Waals surface area contributed by atoms with E-state index in [1.165, 1.54) is 11.4 Å². The van der Waals surface area contributed by atoms with Crippen molar-refractivity contribution in [1.82, 2.24) is 20.6 Å². The summed E-state index contributed by atoms with van der Waals surface area (Å²) < 4.78 is 13.7. The number of anilines is 1. The Kier molecular flexibility index (Phi) is 5.99. The minimum absolute atomic E-state index is 0.332. The van der Waals surface area contributed by atoms with E-state index in [0.717, 1.165) is 37.8 Å². The highest BCUT2D eigenvalue weighted by molar-refractivity contribution is 8.65. The highest BCUT2D eigenvalue weighted by Gasteiger charge is 2.55. The Hall–Kier alpha value is -1.15. The molecule has 1 aromatic heterocycles. The van der Waals surface area contributed by atoms with Gasteiger partial charge in [0.2, 0.25) is 5.95 Å². The van der Waals surface area contributed by atoms with E-state index >= 15 is 0 Å². The largest absolute Gasteiger partial charge is 0.290 e. The Morgan fingerprint density at radius 3 is 2.76 bits per heavy atom. The van der Waals surface area contributed by atoms with Crippen LogP contribution >= 0.6 is 29.5 Å². The quantitative estimate of drug-likeness (QED) is 0.300. The van der Waals surface area contributed by atoms with Crippen LogP contribution in [0.15, 0.2) is 28.6 Å². The van der Waals surface area contributed by atoms with Crippen molar-refractivity contribution >= 4 is 46.3 Å². The van der Waals surface area contributed by atoms with Gasteiger partial charge < -0.3 is 0 Å². The van der Waals surface area contributed by atoms with Gasteiger partial charge in [-0.3, -0.25) is 15.4 Å². The molecule has 136 valence electrons. The highest BCUT2D eigenvalue weighted by Crippen LogP contribution is 2.73. The van der Waals surface area contributed by atoms with Gasteiger partial charge in [0.1, 0.15) is 5.28 Å². The van der Waals surface area contributed by atoms with Crippen LogP contribution in [0.5, 0.6) is 0 Å². The van der Waals surface area contributed by atoms with Crippen molar-refractivity contribution in [3.8, 4) is 0 Å². The molecule has 1 aromatic rings. The van der Waals surface area contributed by atoms with E-state index in [1.54, 1.807) is 18.5 Å². The van der Waals surface area contributed by atoms with Gasteiger partial charge in [0.25, 0.3) is 6.49 Å². The topological polar surface area (TPSA) is 104 Å². The van der Waals surface area contributed by atoms with Crippen LogP contribution in [-0.2, 0) is 4.57 Å². The molecule has 3 N–H and O–H groups in total. The van der Waals surface area contributed by atoms with E-state index in [9.17, 15) is 4.57 Å². The third-order valence-electron chi connectivity index (χ3n) is 4.14. The second-order valence-corrected chi connectivity index (χ2v) is 11.1. The lowest BCUT2D eigenvalue weighted by molar-refractivity contribution is 0.386. The van der Waals surface area contributed by atoms with Crippen molar-refractivity contribution in [2.75, 3.05) is 11.3 Å². The van der Waals surface area contributed by atoms with Gasteiger partial charge in [-0.2, -0.15) is 10.3 Å². The number of nitrogens with one attached hydrogen (secondary N) is 3. The van der Waals surface area contributed by atoms with E-state index in [0.29, 0.717) is 17.0 Å². The summed E-state index contributed by atoms with van der Waals surface area (Å²) in [6.45, 7) is -1.14. The van der Waals surface area contributed by atoms with Crippen LogP contribution < -0.4 is 16.0 Å². The number of hydrazone groups is 1. The Labute approximate surface area is 155 Å². The molecule has 8 nitrogen and oxygen atoms in total. The van der Waals surface area contributed by atoms with Gasteiger partial charge in [0.05, 0.1) is 5.88 Å². The van der Waals surface area contributed by atoms with Gasteiger partial charge in [-0.1, -0.05) is 19.3 Å². The summed E-state index contributed by atoms with van der Waals surface area (Å²) in [6, 6.07) is 1.72. The molecule has 11 heteroatoms. The van der Waals surface area contributed by atoms with Gasteiger partial charge in [-0.05, 0) is 37.2 Å². The molecule has 1 atom stereocenters. The number of amidine groups is 1. The average Bonchev–Trinajstić information content (AvgIpc) is 2.91. The summed E-state index contributed by atoms with van der Waals surface area (Å²) in [6.07, 6.45) is 7.97. The lowest BCUT2D eigenvalue weighted by Gasteiger charge is -2.35. The molecule has 2 heterocycles. The van der Waals surface area contributed by atoms with Crippen LogP contribution in [0.3, 0.4) is 0 Å². The predicted molar refractivity (Wildman–Crippen MR) is 104 cm³/mol. The van der Waals surface area contributed by atoms with Gasteiger partial charge in [-0.25, -0.2) is 15.0 Å². The number of hydrogen-bond donors (Lipinski definition) is 3. The zero-order valence-corrected chi connectivity index (χ0v) is 16.4. The number of alkyl halides is 1. The molecule has 1 fully saturated rings. The molecule has 25 heavy (non-hydrogen) atoms. The van der Waals surface area contributed by atoms with E-state index in [4.69, 9.17) is 16.6 Å². The van der Waals surface area contributed by atoms with Crippen molar-refractivity contribution in [2.24, 2.45) is 10.1 Å². The molecule has 0 aromatic carbocycles. The van der Waals surface area contributed by atoms with E-state index in [1.807, 2.05) is 6.92 Å². The van der Waals surface area contributed by atoms with Crippen molar-refractivity contribution in [2.45, 2.75) is 44.3 Å². The molecule has 0 amide bonds. The lowest BCUT2D eigenvalue weighted by Crippen LogP contribution is -2.34. The highest BCUT2D eigenvalue weighted by atomic mass is 35.5. The standard InChI is InChI=1S/C14H21ClN7OPS/c1-11(10-15)19-21-13-18-14(6-3-2-4-7-14)24(23,25-13)22-20-12-16-8-5-9-17-12/h5,8-9H,2-4,6-7,10H2,1H3,(H,18,21)(H,22,23)(H,16,17,20). The van der Waals surface area contributed by atoms with Gasteiger partial charge in [-0.15, -0.1) is 11.6 Å². The number of rotatable bonds is 5. The Morgan fingerprint density at radius 2 is 2.08 bits per heavy atom. The zero-order valence-electron chi connectivity index (χ0n) is 13.9. The fourth-order valence-corrected chi connectivity index (χ4v) is 7.75. The summed E-state index contributed by atoms with van der Waals surface area (Å²) >= 11 is 6.95. The van der Waals surface area contributed by atoms with Crippen molar-refractivity contribution < 1.29 is 4.57 Å². The summed E-state index contributed by atoms with van der Waals surface area (Å²) in [5.74, 6) is 0.709. The number of aliphatic imine (C=N–C) groups is 1.